The normalized spacial score (nSPS) is 18.8. The van der Waals surface area contributed by atoms with Gasteiger partial charge in [-0.25, -0.2) is 13.4 Å². The van der Waals surface area contributed by atoms with Crippen LogP contribution < -0.4 is 5.32 Å². The van der Waals surface area contributed by atoms with Crippen molar-refractivity contribution >= 4 is 34.2 Å². The summed E-state index contributed by atoms with van der Waals surface area (Å²) in [5.41, 5.74) is 0.820. The predicted octanol–water partition coefficient (Wildman–Crippen LogP) is 4.44. The molecule has 188 valence electrons. The first-order valence-corrected chi connectivity index (χ1v) is 12.8. The number of hydrogen-bond acceptors (Lipinski definition) is 6. The third-order valence-electron chi connectivity index (χ3n) is 6.37. The maximum absolute atomic E-state index is 13.5. The molecular weight excluding hydrogens is 476 g/mol. The predicted molar refractivity (Wildman–Crippen MR) is 134 cm³/mol. The fourth-order valence-corrected chi connectivity index (χ4v) is 5.86. The molecule has 3 rings (SSSR count). The molecule has 0 unspecified atom stereocenters. The summed E-state index contributed by atoms with van der Waals surface area (Å²) in [6, 6.07) is 8.35. The van der Waals surface area contributed by atoms with E-state index in [0.717, 1.165) is 25.7 Å². The van der Waals surface area contributed by atoms with Gasteiger partial charge < -0.3 is 10.4 Å². The van der Waals surface area contributed by atoms with Crippen molar-refractivity contribution in [2.75, 3.05) is 18.4 Å². The number of sulfonamides is 1. The van der Waals surface area contributed by atoms with Crippen LogP contribution in [0.5, 0.6) is 0 Å². The Balaban J connectivity index is 0.00000408. The zero-order valence-corrected chi connectivity index (χ0v) is 21.6. The van der Waals surface area contributed by atoms with E-state index < -0.39 is 16.0 Å². The quantitative estimate of drug-likeness (QED) is 0.512. The largest absolute Gasteiger partial charge is 0.480 e. The Hall–Kier alpha value is -2.23. The van der Waals surface area contributed by atoms with Crippen LogP contribution in [-0.2, 0) is 21.4 Å². The molecule has 1 saturated carbocycles. The van der Waals surface area contributed by atoms with Crippen molar-refractivity contribution in [1.29, 1.82) is 0 Å². The highest BCUT2D eigenvalue weighted by atomic mass is 35.5. The Bertz CT molecular complexity index is 1040. The van der Waals surface area contributed by atoms with E-state index in [1.54, 1.807) is 36.5 Å². The lowest BCUT2D eigenvalue weighted by atomic mass is 9.70. The summed E-state index contributed by atoms with van der Waals surface area (Å²) in [4.78, 5) is 19.4. The number of rotatable bonds is 9. The third-order valence-corrected chi connectivity index (χ3v) is 8.17. The molecule has 0 bridgehead atoms. The number of aliphatic carboxylic acids is 1. The second-order valence-electron chi connectivity index (χ2n) is 9.83. The van der Waals surface area contributed by atoms with Crippen LogP contribution in [-0.4, -0.2) is 46.9 Å². The van der Waals surface area contributed by atoms with Gasteiger partial charge in [0.2, 0.25) is 10.0 Å². The molecule has 2 aromatic rings. The molecule has 2 heterocycles. The van der Waals surface area contributed by atoms with E-state index in [9.17, 15) is 13.2 Å². The molecule has 1 aliphatic rings. The monoisotopic (exact) mass is 510 g/mol. The van der Waals surface area contributed by atoms with Gasteiger partial charge in [0, 0.05) is 18.9 Å². The molecule has 2 N–H and O–H groups in total. The van der Waals surface area contributed by atoms with Crippen LogP contribution >= 0.6 is 12.4 Å². The van der Waals surface area contributed by atoms with Gasteiger partial charge in [-0.05, 0) is 67.2 Å². The smallest absolute Gasteiger partial charge is 0.322 e. The van der Waals surface area contributed by atoms with E-state index >= 15 is 0 Å². The summed E-state index contributed by atoms with van der Waals surface area (Å²) in [6.45, 7) is 7.09. The molecule has 2 aromatic heterocycles. The van der Waals surface area contributed by atoms with Crippen LogP contribution in [0, 0.1) is 17.3 Å². The lowest BCUT2D eigenvalue weighted by molar-refractivity contribution is -0.134. The van der Waals surface area contributed by atoms with Crippen LogP contribution in [0.3, 0.4) is 0 Å². The SMILES string of the molecule is CC(C)(C)C1CCC(CN(Cc2cccc(NCC(=O)O)n2)S(=O)(=O)c2cccnc2)CC1.Cl. The molecule has 0 saturated heterocycles. The Labute approximate surface area is 208 Å². The molecule has 0 atom stereocenters. The van der Waals surface area contributed by atoms with Crippen molar-refractivity contribution in [3.05, 3.63) is 48.4 Å². The summed E-state index contributed by atoms with van der Waals surface area (Å²) < 4.78 is 28.5. The highest BCUT2D eigenvalue weighted by molar-refractivity contribution is 7.89. The standard InChI is InChI=1S/C24H34N4O4S.ClH/c1-24(2,3)19-11-9-18(10-12-19)16-28(33(31,32)21-7-5-13-25-14-21)17-20-6-4-8-22(27-20)26-15-23(29)30;/h4-8,13-14,18-19H,9-12,15-17H2,1-3H3,(H,26,27)(H,29,30);1H. The zero-order chi connectivity index (χ0) is 24.1. The highest BCUT2D eigenvalue weighted by Gasteiger charge is 2.33. The minimum absolute atomic E-state index is 0. The average molecular weight is 511 g/mol. The average Bonchev–Trinajstić information content (AvgIpc) is 2.78. The molecular formula is C24H35ClN4O4S. The van der Waals surface area contributed by atoms with Gasteiger partial charge in [-0.15, -0.1) is 12.4 Å². The van der Waals surface area contributed by atoms with Gasteiger partial charge in [0.25, 0.3) is 0 Å². The lowest BCUT2D eigenvalue weighted by Crippen LogP contribution is -2.37. The first-order chi connectivity index (χ1) is 15.6. The van der Waals surface area contributed by atoms with Crippen LogP contribution in [0.25, 0.3) is 0 Å². The van der Waals surface area contributed by atoms with E-state index in [-0.39, 0.29) is 41.7 Å². The van der Waals surface area contributed by atoms with E-state index in [4.69, 9.17) is 5.11 Å². The zero-order valence-electron chi connectivity index (χ0n) is 20.0. The van der Waals surface area contributed by atoms with E-state index in [0.29, 0.717) is 24.0 Å². The Morgan fingerprint density at radius 1 is 1.15 bits per heavy atom. The molecule has 0 spiro atoms. The summed E-state index contributed by atoms with van der Waals surface area (Å²) in [5.74, 6) is 0.340. The molecule has 1 aliphatic carbocycles. The van der Waals surface area contributed by atoms with Crippen molar-refractivity contribution in [2.45, 2.75) is 57.9 Å². The van der Waals surface area contributed by atoms with Gasteiger partial charge in [0.1, 0.15) is 17.3 Å². The first kappa shape index (κ1) is 28.0. The molecule has 0 aromatic carbocycles. The lowest BCUT2D eigenvalue weighted by Gasteiger charge is -2.38. The molecule has 0 amide bonds. The number of hydrogen-bond donors (Lipinski definition) is 2. The van der Waals surface area contributed by atoms with Gasteiger partial charge >= 0.3 is 5.97 Å². The second-order valence-corrected chi connectivity index (χ2v) is 11.8. The summed E-state index contributed by atoms with van der Waals surface area (Å²) in [5, 5.41) is 11.6. The minimum atomic E-state index is -3.76. The maximum Gasteiger partial charge on any atom is 0.322 e. The number of carbonyl (C=O) groups is 1. The topological polar surface area (TPSA) is 112 Å². The van der Waals surface area contributed by atoms with Gasteiger partial charge in [-0.1, -0.05) is 26.8 Å². The highest BCUT2D eigenvalue weighted by Crippen LogP contribution is 2.40. The molecule has 0 aliphatic heterocycles. The van der Waals surface area contributed by atoms with Gasteiger partial charge in [-0.3, -0.25) is 9.78 Å². The number of pyridine rings is 2. The van der Waals surface area contributed by atoms with E-state index in [2.05, 4.69) is 36.1 Å². The van der Waals surface area contributed by atoms with Crippen LogP contribution in [0.4, 0.5) is 5.82 Å². The van der Waals surface area contributed by atoms with Gasteiger partial charge in [-0.2, -0.15) is 4.31 Å². The van der Waals surface area contributed by atoms with Crippen LogP contribution in [0.2, 0.25) is 0 Å². The number of carboxylic acids is 1. The molecule has 0 radical (unpaired) electrons. The molecule has 8 nitrogen and oxygen atoms in total. The van der Waals surface area contributed by atoms with Crippen molar-refractivity contribution < 1.29 is 18.3 Å². The number of carboxylic acid groups (broad SMARTS) is 1. The van der Waals surface area contributed by atoms with Crippen LogP contribution in [0.1, 0.15) is 52.1 Å². The van der Waals surface area contributed by atoms with Crippen molar-refractivity contribution in [2.24, 2.45) is 17.3 Å². The molecule has 34 heavy (non-hydrogen) atoms. The number of nitrogens with zero attached hydrogens (tertiary/aromatic N) is 3. The molecule has 10 heteroatoms. The summed E-state index contributed by atoms with van der Waals surface area (Å²) in [7, 11) is -3.76. The Morgan fingerprint density at radius 2 is 1.85 bits per heavy atom. The fraction of sp³-hybridized carbons (Fsp3) is 0.542. The first-order valence-electron chi connectivity index (χ1n) is 11.4. The van der Waals surface area contributed by atoms with E-state index in [1.807, 2.05) is 0 Å². The fourth-order valence-electron chi connectivity index (χ4n) is 4.41. The Kier molecular flexibility index (Phi) is 9.84. The number of anilines is 1. The van der Waals surface area contributed by atoms with Crippen molar-refractivity contribution in [3.8, 4) is 0 Å². The van der Waals surface area contributed by atoms with Gasteiger partial charge in [0.05, 0.1) is 12.2 Å². The van der Waals surface area contributed by atoms with Crippen LogP contribution in [0.15, 0.2) is 47.6 Å². The second kappa shape index (κ2) is 12.0. The van der Waals surface area contributed by atoms with E-state index in [1.165, 1.54) is 10.5 Å². The minimum Gasteiger partial charge on any atom is -0.480 e. The van der Waals surface area contributed by atoms with Gasteiger partial charge in [0.15, 0.2) is 0 Å². The van der Waals surface area contributed by atoms with Crippen molar-refractivity contribution in [3.63, 3.8) is 0 Å². The number of aromatic nitrogens is 2. The maximum atomic E-state index is 13.5. The Morgan fingerprint density at radius 3 is 2.44 bits per heavy atom. The summed E-state index contributed by atoms with van der Waals surface area (Å²) >= 11 is 0. The van der Waals surface area contributed by atoms with Crippen molar-refractivity contribution in [1.82, 2.24) is 14.3 Å². The third kappa shape index (κ3) is 7.65. The summed E-state index contributed by atoms with van der Waals surface area (Å²) in [6.07, 6.45) is 7.11. The molecule has 1 fully saturated rings. The number of halogens is 1. The number of nitrogens with one attached hydrogen (secondary N) is 1.